The second-order valence-electron chi connectivity index (χ2n) is 10.1. The highest BCUT2D eigenvalue weighted by atomic mass is 32.2. The molecule has 0 radical (unpaired) electrons. The number of hydrogen-bond acceptors (Lipinski definition) is 8. The molecule has 41 heavy (non-hydrogen) atoms. The van der Waals surface area contributed by atoms with Gasteiger partial charge in [-0.05, 0) is 57.5 Å². The van der Waals surface area contributed by atoms with Gasteiger partial charge in [-0.1, -0.05) is 0 Å². The summed E-state index contributed by atoms with van der Waals surface area (Å²) in [6, 6.07) is 3.05. The molecule has 2 aromatic carbocycles. The molecule has 1 aliphatic heterocycles. The Morgan fingerprint density at radius 1 is 1.10 bits per heavy atom. The van der Waals surface area contributed by atoms with Crippen molar-refractivity contribution in [2.75, 3.05) is 10.6 Å². The van der Waals surface area contributed by atoms with Crippen LogP contribution >= 0.6 is 0 Å². The Balaban J connectivity index is 1.86. The van der Waals surface area contributed by atoms with Crippen molar-refractivity contribution in [2.24, 2.45) is 0 Å². The summed E-state index contributed by atoms with van der Waals surface area (Å²) in [7, 11) is -6.08. The summed E-state index contributed by atoms with van der Waals surface area (Å²) in [5.74, 6) is -1.37. The minimum atomic E-state index is -6.08. The number of ether oxygens (including phenoxy) is 1. The maximum Gasteiger partial charge on any atom is 0.534 e. The molecule has 4 rings (SSSR count). The van der Waals surface area contributed by atoms with E-state index < -0.39 is 50.7 Å². The van der Waals surface area contributed by atoms with Gasteiger partial charge in [-0.25, -0.2) is 9.97 Å². The molecule has 1 amide bonds. The van der Waals surface area contributed by atoms with Gasteiger partial charge in [0.25, 0.3) is 0 Å². The molecular weight excluding hydrogens is 582 g/mol. The zero-order valence-electron chi connectivity index (χ0n) is 22.2. The van der Waals surface area contributed by atoms with E-state index in [1.807, 2.05) is 0 Å². The lowest BCUT2D eigenvalue weighted by atomic mass is 9.98. The highest BCUT2D eigenvalue weighted by Gasteiger charge is 2.49. The Morgan fingerprint density at radius 2 is 1.76 bits per heavy atom. The Kier molecular flexibility index (Phi) is 7.29. The smallest absolute Gasteiger partial charge is 0.483 e. The first-order valence-corrected chi connectivity index (χ1v) is 13.4. The van der Waals surface area contributed by atoms with Gasteiger partial charge in [0.15, 0.2) is 11.5 Å². The largest absolute Gasteiger partial charge is 0.534 e. The lowest BCUT2D eigenvalue weighted by molar-refractivity contribution is -0.137. The number of hydrogen-bond donors (Lipinski definition) is 2. The fraction of sp³-hybridized carbons (Fsp3) is 0.400. The van der Waals surface area contributed by atoms with Crippen molar-refractivity contribution in [3.63, 3.8) is 0 Å². The van der Waals surface area contributed by atoms with Crippen molar-refractivity contribution in [3.8, 4) is 11.5 Å². The van der Waals surface area contributed by atoms with Crippen LogP contribution in [0.2, 0.25) is 0 Å². The number of rotatable bonds is 6. The van der Waals surface area contributed by atoms with E-state index in [9.17, 15) is 39.6 Å². The molecular formula is C25H24F6N4O5S. The Labute approximate surface area is 230 Å². The average molecular weight is 607 g/mol. The monoisotopic (exact) mass is 606 g/mol. The first-order chi connectivity index (χ1) is 18.7. The third-order valence-corrected chi connectivity index (χ3v) is 7.00. The Bertz CT molecular complexity index is 1660. The lowest BCUT2D eigenvalue weighted by Gasteiger charge is -2.21. The van der Waals surface area contributed by atoms with Crippen molar-refractivity contribution in [1.82, 2.24) is 9.97 Å². The van der Waals surface area contributed by atoms with Crippen LogP contribution in [-0.4, -0.2) is 35.4 Å². The van der Waals surface area contributed by atoms with E-state index in [1.54, 1.807) is 13.8 Å². The average Bonchev–Trinajstić information content (AvgIpc) is 3.13. The number of aromatic nitrogens is 2. The van der Waals surface area contributed by atoms with Gasteiger partial charge in [0, 0.05) is 30.0 Å². The molecule has 0 spiro atoms. The SMILES string of the molecule is CC(=O)Nc1cc(C(C)Nc2nc(C)nc3c4c(c(OS(=O)(=O)C(F)(F)F)cc23)OC(C)(C)C4)cc(C(F)(F)F)c1. The van der Waals surface area contributed by atoms with Crippen LogP contribution in [0.1, 0.15) is 56.3 Å². The molecule has 0 saturated heterocycles. The number of carbonyl (C=O) groups is 1. The fourth-order valence-electron chi connectivity index (χ4n) is 4.38. The van der Waals surface area contributed by atoms with Crippen LogP contribution in [0.5, 0.6) is 11.5 Å². The van der Waals surface area contributed by atoms with Crippen LogP contribution in [0.4, 0.5) is 37.8 Å². The number of carbonyl (C=O) groups excluding carboxylic acids is 1. The molecule has 2 N–H and O–H groups in total. The van der Waals surface area contributed by atoms with Crippen LogP contribution in [-0.2, 0) is 27.5 Å². The van der Waals surface area contributed by atoms with Gasteiger partial charge in [-0.3, -0.25) is 4.79 Å². The van der Waals surface area contributed by atoms with Gasteiger partial charge < -0.3 is 19.6 Å². The molecule has 16 heteroatoms. The summed E-state index contributed by atoms with van der Waals surface area (Å²) in [6.45, 7) is 7.44. The molecule has 2 heterocycles. The molecule has 0 fully saturated rings. The van der Waals surface area contributed by atoms with Crippen LogP contribution in [0.3, 0.4) is 0 Å². The predicted molar refractivity (Wildman–Crippen MR) is 136 cm³/mol. The minimum absolute atomic E-state index is 0.0137. The van der Waals surface area contributed by atoms with Crippen molar-refractivity contribution in [2.45, 2.75) is 64.4 Å². The van der Waals surface area contributed by atoms with E-state index in [0.29, 0.717) is 0 Å². The third-order valence-electron chi connectivity index (χ3n) is 6.04. The summed E-state index contributed by atoms with van der Waals surface area (Å²) in [6.07, 6.45) is -4.61. The van der Waals surface area contributed by atoms with E-state index in [4.69, 9.17) is 4.74 Å². The number of halogens is 6. The van der Waals surface area contributed by atoms with Gasteiger partial charge in [0.2, 0.25) is 5.91 Å². The summed E-state index contributed by atoms with van der Waals surface area (Å²) in [4.78, 5) is 20.2. The molecule has 3 aromatic rings. The molecule has 0 saturated carbocycles. The zero-order valence-corrected chi connectivity index (χ0v) is 23.0. The maximum atomic E-state index is 13.6. The molecule has 1 aliphatic rings. The van der Waals surface area contributed by atoms with Crippen LogP contribution in [0, 0.1) is 6.92 Å². The molecule has 0 bridgehead atoms. The lowest BCUT2D eigenvalue weighted by Crippen LogP contribution is -2.28. The van der Waals surface area contributed by atoms with Gasteiger partial charge in [0.05, 0.1) is 17.1 Å². The molecule has 0 aliphatic carbocycles. The number of alkyl halides is 6. The molecule has 1 aromatic heterocycles. The second kappa shape index (κ2) is 9.92. The van der Waals surface area contributed by atoms with Crippen LogP contribution in [0.15, 0.2) is 24.3 Å². The van der Waals surface area contributed by atoms with E-state index in [1.165, 1.54) is 19.9 Å². The Hall–Kier alpha value is -3.82. The molecule has 1 atom stereocenters. The third kappa shape index (κ3) is 6.26. The summed E-state index contributed by atoms with van der Waals surface area (Å²) in [5.41, 5.74) is -7.21. The predicted octanol–water partition coefficient (Wildman–Crippen LogP) is 6.03. The summed E-state index contributed by atoms with van der Waals surface area (Å²) < 4.78 is 114. The number of fused-ring (bicyclic) bond motifs is 3. The standard InChI is InChI=1S/C25H24F6N4O5S/c1-11(14-6-15(24(26,27)28)8-16(7-14)35-13(3)36)32-22-17-9-19(40-41(37,38)25(29,30)31)21-18(10-23(4,5)39-21)20(17)33-12(2)34-22/h6-9,11H,10H2,1-5H3,(H,35,36)(H,32,33,34). The summed E-state index contributed by atoms with van der Waals surface area (Å²) >= 11 is 0. The molecule has 9 nitrogen and oxygen atoms in total. The number of nitrogens with zero attached hydrogens (tertiary/aromatic N) is 2. The number of benzene rings is 2. The maximum absolute atomic E-state index is 13.6. The fourth-order valence-corrected chi connectivity index (χ4v) is 4.84. The second-order valence-corrected chi connectivity index (χ2v) is 11.6. The first-order valence-electron chi connectivity index (χ1n) is 12.0. The quantitative estimate of drug-likeness (QED) is 0.198. The Morgan fingerprint density at radius 3 is 2.34 bits per heavy atom. The minimum Gasteiger partial charge on any atom is -0.483 e. The number of anilines is 2. The molecule has 1 unspecified atom stereocenters. The van der Waals surface area contributed by atoms with Gasteiger partial charge in [-0.15, -0.1) is 0 Å². The van der Waals surface area contributed by atoms with E-state index in [2.05, 4.69) is 24.8 Å². The van der Waals surface area contributed by atoms with E-state index in [0.717, 1.165) is 25.1 Å². The van der Waals surface area contributed by atoms with Crippen LogP contribution in [0.25, 0.3) is 10.9 Å². The van der Waals surface area contributed by atoms with Gasteiger partial charge >= 0.3 is 21.8 Å². The van der Waals surface area contributed by atoms with Crippen LogP contribution < -0.4 is 19.6 Å². The zero-order chi connectivity index (χ0) is 30.7. The number of amides is 1. The topological polar surface area (TPSA) is 120 Å². The highest BCUT2D eigenvalue weighted by molar-refractivity contribution is 7.88. The molecule has 222 valence electrons. The van der Waals surface area contributed by atoms with Crippen molar-refractivity contribution in [1.29, 1.82) is 0 Å². The van der Waals surface area contributed by atoms with Crippen molar-refractivity contribution < 1.29 is 48.5 Å². The van der Waals surface area contributed by atoms with Crippen molar-refractivity contribution >= 4 is 38.4 Å². The van der Waals surface area contributed by atoms with Crippen molar-refractivity contribution in [3.05, 3.63) is 46.8 Å². The summed E-state index contributed by atoms with van der Waals surface area (Å²) in [5, 5.41) is 5.30. The number of aryl methyl sites for hydroxylation is 1. The first kappa shape index (κ1) is 30.1. The highest BCUT2D eigenvalue weighted by Crippen LogP contribution is 2.48. The number of nitrogens with one attached hydrogen (secondary N) is 2. The van der Waals surface area contributed by atoms with Gasteiger partial charge in [0.1, 0.15) is 17.2 Å². The van der Waals surface area contributed by atoms with Gasteiger partial charge in [-0.2, -0.15) is 34.8 Å². The van der Waals surface area contributed by atoms with E-state index in [-0.39, 0.29) is 51.5 Å². The van der Waals surface area contributed by atoms with E-state index >= 15 is 0 Å². The normalized spacial score (nSPS) is 15.7.